The first-order valence-corrected chi connectivity index (χ1v) is 6.45. The molecule has 102 valence electrons. The first-order valence-electron chi connectivity index (χ1n) is 5.47. The summed E-state index contributed by atoms with van der Waals surface area (Å²) in [4.78, 5) is 11.4. The fourth-order valence-corrected chi connectivity index (χ4v) is 2.09. The molecule has 8 heteroatoms. The molecule has 0 bridgehead atoms. The van der Waals surface area contributed by atoms with E-state index in [2.05, 4.69) is 14.9 Å². The SMILES string of the molecule is COC(=O)c1oc(CSc2nnc(CN)o2)cc1C. The number of thioether (sulfide) groups is 1. The number of nitrogens with zero attached hydrogens (tertiary/aromatic N) is 2. The van der Waals surface area contributed by atoms with Gasteiger partial charge in [0.15, 0.2) is 0 Å². The number of ether oxygens (including phenoxy) is 1. The summed E-state index contributed by atoms with van der Waals surface area (Å²) in [5.74, 6) is 1.22. The molecule has 0 spiro atoms. The molecule has 2 heterocycles. The van der Waals surface area contributed by atoms with E-state index in [1.165, 1.54) is 18.9 Å². The van der Waals surface area contributed by atoms with Crippen LogP contribution in [0.15, 0.2) is 20.1 Å². The number of furan rings is 1. The summed E-state index contributed by atoms with van der Waals surface area (Å²) in [5, 5.41) is 7.97. The molecule has 0 saturated carbocycles. The van der Waals surface area contributed by atoms with E-state index in [-0.39, 0.29) is 12.3 Å². The molecule has 0 aliphatic heterocycles. The van der Waals surface area contributed by atoms with Crippen molar-refractivity contribution < 1.29 is 18.4 Å². The number of hydrogen-bond donors (Lipinski definition) is 1. The van der Waals surface area contributed by atoms with Crippen molar-refractivity contribution in [1.82, 2.24) is 10.2 Å². The standard InChI is InChI=1S/C11H13N3O4S/c1-6-3-7(17-9(6)10(15)16-2)5-19-11-14-13-8(4-12)18-11/h3H,4-5,12H2,1-2H3. The number of rotatable bonds is 5. The lowest BCUT2D eigenvalue weighted by molar-refractivity contribution is 0.0562. The second-order valence-corrected chi connectivity index (χ2v) is 4.60. The summed E-state index contributed by atoms with van der Waals surface area (Å²) in [6, 6.07) is 1.78. The zero-order valence-electron chi connectivity index (χ0n) is 10.5. The summed E-state index contributed by atoms with van der Waals surface area (Å²) in [6.45, 7) is 1.99. The maximum Gasteiger partial charge on any atom is 0.374 e. The van der Waals surface area contributed by atoms with Crippen molar-refractivity contribution in [3.05, 3.63) is 29.0 Å². The molecule has 0 aliphatic carbocycles. The van der Waals surface area contributed by atoms with E-state index in [0.29, 0.717) is 22.6 Å². The molecule has 0 radical (unpaired) electrons. The number of carbonyl (C=O) groups is 1. The van der Waals surface area contributed by atoms with Crippen LogP contribution in [0.4, 0.5) is 0 Å². The van der Waals surface area contributed by atoms with Gasteiger partial charge in [-0.25, -0.2) is 4.79 Å². The lowest BCUT2D eigenvalue weighted by Gasteiger charge is -1.95. The van der Waals surface area contributed by atoms with Crippen molar-refractivity contribution in [1.29, 1.82) is 0 Å². The molecule has 7 nitrogen and oxygen atoms in total. The van der Waals surface area contributed by atoms with Gasteiger partial charge in [0.2, 0.25) is 11.7 Å². The molecule has 0 atom stereocenters. The number of aryl methyl sites for hydroxylation is 1. The van der Waals surface area contributed by atoms with Gasteiger partial charge >= 0.3 is 5.97 Å². The van der Waals surface area contributed by atoms with Crippen LogP contribution in [0.3, 0.4) is 0 Å². The molecule has 0 aromatic carbocycles. The Hall–Kier alpha value is -1.80. The van der Waals surface area contributed by atoms with Crippen LogP contribution in [-0.4, -0.2) is 23.3 Å². The van der Waals surface area contributed by atoms with Crippen LogP contribution in [0.2, 0.25) is 0 Å². The minimum absolute atomic E-state index is 0.208. The average molecular weight is 283 g/mol. The van der Waals surface area contributed by atoms with Crippen LogP contribution < -0.4 is 5.73 Å². The maximum atomic E-state index is 11.4. The van der Waals surface area contributed by atoms with E-state index < -0.39 is 5.97 Å². The van der Waals surface area contributed by atoms with Gasteiger partial charge in [-0.2, -0.15) is 0 Å². The topological polar surface area (TPSA) is 104 Å². The van der Waals surface area contributed by atoms with Gasteiger partial charge in [0, 0.05) is 5.56 Å². The second kappa shape index (κ2) is 5.89. The molecule has 2 N–H and O–H groups in total. The fourth-order valence-electron chi connectivity index (χ4n) is 1.43. The van der Waals surface area contributed by atoms with Crippen LogP contribution in [-0.2, 0) is 17.0 Å². The van der Waals surface area contributed by atoms with E-state index in [4.69, 9.17) is 14.6 Å². The molecule has 0 unspecified atom stereocenters. The quantitative estimate of drug-likeness (QED) is 0.650. The van der Waals surface area contributed by atoms with Crippen LogP contribution in [0, 0.1) is 6.92 Å². The van der Waals surface area contributed by atoms with Crippen molar-refractivity contribution in [2.45, 2.75) is 24.4 Å². The molecule has 0 amide bonds. The predicted octanol–water partition coefficient (Wildman–Crippen LogP) is 1.51. The second-order valence-electron chi connectivity index (χ2n) is 3.67. The van der Waals surface area contributed by atoms with Gasteiger partial charge in [0.05, 0.1) is 19.4 Å². The van der Waals surface area contributed by atoms with Gasteiger partial charge in [0.25, 0.3) is 5.22 Å². The Bertz CT molecular complexity index is 578. The van der Waals surface area contributed by atoms with Gasteiger partial charge in [0.1, 0.15) is 5.76 Å². The van der Waals surface area contributed by atoms with Crippen molar-refractivity contribution in [2.75, 3.05) is 7.11 Å². The number of hydrogen-bond acceptors (Lipinski definition) is 8. The zero-order valence-corrected chi connectivity index (χ0v) is 11.3. The Morgan fingerprint density at radius 2 is 2.26 bits per heavy atom. The van der Waals surface area contributed by atoms with Gasteiger partial charge in [-0.05, 0) is 13.0 Å². The Labute approximate surface area is 113 Å². The third kappa shape index (κ3) is 3.15. The lowest BCUT2D eigenvalue weighted by atomic mass is 10.3. The molecule has 0 saturated heterocycles. The monoisotopic (exact) mass is 283 g/mol. The highest BCUT2D eigenvalue weighted by molar-refractivity contribution is 7.98. The molecule has 2 aromatic rings. The minimum Gasteiger partial charge on any atom is -0.463 e. The van der Waals surface area contributed by atoms with Gasteiger partial charge in [-0.1, -0.05) is 11.8 Å². The van der Waals surface area contributed by atoms with Gasteiger partial charge in [-0.3, -0.25) is 0 Å². The predicted molar refractivity (Wildman–Crippen MR) is 66.5 cm³/mol. The zero-order chi connectivity index (χ0) is 13.8. The highest BCUT2D eigenvalue weighted by Gasteiger charge is 2.16. The number of aromatic nitrogens is 2. The highest BCUT2D eigenvalue weighted by Crippen LogP contribution is 2.24. The van der Waals surface area contributed by atoms with Gasteiger partial charge in [-0.15, -0.1) is 10.2 Å². The number of nitrogens with two attached hydrogens (primary N) is 1. The first kappa shape index (κ1) is 13.6. The Kier molecular flexibility index (Phi) is 4.23. The maximum absolute atomic E-state index is 11.4. The van der Waals surface area contributed by atoms with E-state index in [1.807, 2.05) is 0 Å². The van der Waals surface area contributed by atoms with Crippen LogP contribution in [0.5, 0.6) is 0 Å². The van der Waals surface area contributed by atoms with Crippen LogP contribution in [0.25, 0.3) is 0 Å². The molecule has 19 heavy (non-hydrogen) atoms. The van der Waals surface area contributed by atoms with Crippen molar-refractivity contribution >= 4 is 17.7 Å². The molecular weight excluding hydrogens is 270 g/mol. The summed E-state index contributed by atoms with van der Waals surface area (Å²) >= 11 is 1.31. The highest BCUT2D eigenvalue weighted by atomic mass is 32.2. The van der Waals surface area contributed by atoms with E-state index in [0.717, 1.165) is 5.56 Å². The van der Waals surface area contributed by atoms with E-state index in [9.17, 15) is 4.79 Å². The lowest BCUT2D eigenvalue weighted by Crippen LogP contribution is -2.00. The normalized spacial score (nSPS) is 10.7. The van der Waals surface area contributed by atoms with Crippen LogP contribution in [0.1, 0.15) is 27.8 Å². The summed E-state index contributed by atoms with van der Waals surface area (Å²) in [5.41, 5.74) is 6.10. The number of esters is 1. The average Bonchev–Trinajstić information content (AvgIpc) is 3.01. The van der Waals surface area contributed by atoms with E-state index in [1.54, 1.807) is 13.0 Å². The molecule has 2 rings (SSSR count). The Balaban J connectivity index is 2.01. The summed E-state index contributed by atoms with van der Waals surface area (Å²) < 4.78 is 15.3. The molecule has 0 fully saturated rings. The van der Waals surface area contributed by atoms with Crippen molar-refractivity contribution in [3.8, 4) is 0 Å². The molecule has 0 aliphatic rings. The molecule has 2 aromatic heterocycles. The van der Waals surface area contributed by atoms with E-state index >= 15 is 0 Å². The van der Waals surface area contributed by atoms with Gasteiger partial charge < -0.3 is 19.3 Å². The van der Waals surface area contributed by atoms with Crippen molar-refractivity contribution in [2.24, 2.45) is 5.73 Å². The third-order valence-corrected chi connectivity index (χ3v) is 3.14. The largest absolute Gasteiger partial charge is 0.463 e. The Morgan fingerprint density at radius 3 is 2.89 bits per heavy atom. The Morgan fingerprint density at radius 1 is 1.47 bits per heavy atom. The number of carbonyl (C=O) groups excluding carboxylic acids is 1. The third-order valence-electron chi connectivity index (χ3n) is 2.30. The summed E-state index contributed by atoms with van der Waals surface area (Å²) in [6.07, 6.45) is 0. The van der Waals surface area contributed by atoms with Crippen molar-refractivity contribution in [3.63, 3.8) is 0 Å². The smallest absolute Gasteiger partial charge is 0.374 e. The first-order chi connectivity index (χ1) is 9.13. The summed E-state index contributed by atoms with van der Waals surface area (Å²) in [7, 11) is 1.31. The number of methoxy groups -OCH3 is 1. The fraction of sp³-hybridized carbons (Fsp3) is 0.364. The minimum atomic E-state index is -0.489. The van der Waals surface area contributed by atoms with Crippen LogP contribution >= 0.6 is 11.8 Å². The molecular formula is C11H13N3O4S.